The number of nitrogens with one attached hydrogen (secondary N) is 2. The van der Waals surface area contributed by atoms with Crippen molar-refractivity contribution >= 4 is 100 Å². The maximum atomic E-state index is 12.4. The topological polar surface area (TPSA) is 206 Å². The van der Waals surface area contributed by atoms with Gasteiger partial charge in [0.05, 0.1) is 36.2 Å². The molecule has 2 fully saturated rings. The average molecular weight is 931 g/mol. The summed E-state index contributed by atoms with van der Waals surface area (Å²) in [7, 11) is 10.9. The lowest BCUT2D eigenvalue weighted by Crippen LogP contribution is -2.30. The molecule has 19 heteroatoms. The van der Waals surface area contributed by atoms with E-state index in [0.29, 0.717) is 38.6 Å². The highest BCUT2D eigenvalue weighted by Gasteiger charge is 2.52. The summed E-state index contributed by atoms with van der Waals surface area (Å²) in [6, 6.07) is 0. The van der Waals surface area contributed by atoms with Crippen LogP contribution in [-0.2, 0) is 38.2 Å². The van der Waals surface area contributed by atoms with Crippen LogP contribution in [0.3, 0.4) is 0 Å². The summed E-state index contributed by atoms with van der Waals surface area (Å²) < 4.78 is 11.3. The molecule has 0 radical (unpaired) electrons. The zero-order valence-electron chi connectivity index (χ0n) is 33.8. The molecule has 334 valence electrons. The molecule has 2 heterocycles. The van der Waals surface area contributed by atoms with Gasteiger partial charge in [0.1, 0.15) is 12.4 Å². The van der Waals surface area contributed by atoms with Crippen molar-refractivity contribution in [2.45, 2.75) is 155 Å². The number of carboxylic acid groups (broad SMARTS) is 3. The molecule has 13 nitrogen and oxygen atoms in total. The number of carbonyl (C=O) groups excluding carboxylic acids is 3. The number of aliphatic carboxylic acids is 3. The smallest absolute Gasteiger partial charge is 0.306 e. The van der Waals surface area contributed by atoms with Crippen LogP contribution >= 0.6 is 64.8 Å². The van der Waals surface area contributed by atoms with E-state index in [1.54, 1.807) is 21.6 Å². The van der Waals surface area contributed by atoms with Gasteiger partial charge in [0.15, 0.2) is 2.74 Å². The fourth-order valence-corrected chi connectivity index (χ4v) is 19.7. The largest absolute Gasteiger partial charge is 0.481 e. The van der Waals surface area contributed by atoms with Crippen molar-refractivity contribution in [2.75, 3.05) is 39.5 Å². The highest BCUT2D eigenvalue weighted by molar-refractivity contribution is 9.14. The van der Waals surface area contributed by atoms with Crippen molar-refractivity contribution in [3.8, 4) is 0 Å². The highest BCUT2D eigenvalue weighted by atomic mass is 33.2. The Labute approximate surface area is 368 Å². The SMILES string of the molecule is O=C(O)CCCCCCCCCCCCCCCCC(=O)C[C@@H](CCC(=O)NCCOCCOCC(=O)NCCCCC(CC1SSC2(SS1)SS2)C(=O)O)C(=O)O. The number of carboxylic acids is 3. The number of Topliss-reactive ketones (excluding diaryl/α,β-unsaturated/α-hetero) is 1. The van der Waals surface area contributed by atoms with Gasteiger partial charge in [-0.2, -0.15) is 0 Å². The summed E-state index contributed by atoms with van der Waals surface area (Å²) in [6.07, 6.45) is 18.6. The molecule has 2 rings (SSSR count). The molecule has 5 N–H and O–H groups in total. The minimum Gasteiger partial charge on any atom is -0.481 e. The number of carbonyl (C=O) groups is 6. The summed E-state index contributed by atoms with van der Waals surface area (Å²) in [5.41, 5.74) is 0. The van der Waals surface area contributed by atoms with Crippen molar-refractivity contribution in [1.82, 2.24) is 10.6 Å². The molecule has 0 aliphatic carbocycles. The van der Waals surface area contributed by atoms with Crippen LogP contribution in [0.5, 0.6) is 0 Å². The maximum Gasteiger partial charge on any atom is 0.306 e. The third-order valence-electron chi connectivity index (χ3n) is 9.68. The second-order valence-corrected chi connectivity index (χ2v) is 24.4. The Morgan fingerprint density at radius 3 is 1.62 bits per heavy atom. The number of rotatable bonds is 39. The van der Waals surface area contributed by atoms with Gasteiger partial charge in [-0.1, -0.05) is 127 Å². The predicted octanol–water partition coefficient (Wildman–Crippen LogP) is 9.39. The summed E-state index contributed by atoms with van der Waals surface area (Å²) in [6.45, 7) is 1.25. The Morgan fingerprint density at radius 2 is 1.07 bits per heavy atom. The maximum absolute atomic E-state index is 12.4. The van der Waals surface area contributed by atoms with E-state index in [0.717, 1.165) is 44.9 Å². The Morgan fingerprint density at radius 1 is 0.534 bits per heavy atom. The minimum atomic E-state index is -1.06. The lowest BCUT2D eigenvalue weighted by atomic mass is 9.94. The van der Waals surface area contributed by atoms with Gasteiger partial charge in [0.2, 0.25) is 11.8 Å². The zero-order valence-corrected chi connectivity index (χ0v) is 38.7. The lowest BCUT2D eigenvalue weighted by Gasteiger charge is -2.25. The molecular formula is C39H66N2O11S6. The van der Waals surface area contributed by atoms with E-state index in [2.05, 4.69) is 10.6 Å². The van der Waals surface area contributed by atoms with E-state index < -0.39 is 23.8 Å². The van der Waals surface area contributed by atoms with Crippen LogP contribution in [0.2, 0.25) is 0 Å². The fraction of sp³-hybridized carbons (Fsp3) is 0.846. The molecule has 0 aromatic heterocycles. The number of amides is 2. The first kappa shape index (κ1) is 53.2. The van der Waals surface area contributed by atoms with E-state index in [1.807, 2.05) is 43.2 Å². The number of hydrogen-bond acceptors (Lipinski definition) is 14. The number of ketones is 1. The molecule has 2 saturated heterocycles. The van der Waals surface area contributed by atoms with Crippen molar-refractivity contribution in [3.63, 3.8) is 0 Å². The van der Waals surface area contributed by atoms with Gasteiger partial charge in [-0.3, -0.25) is 28.8 Å². The van der Waals surface area contributed by atoms with Gasteiger partial charge in [0, 0.05) is 38.8 Å². The monoisotopic (exact) mass is 930 g/mol. The van der Waals surface area contributed by atoms with Gasteiger partial charge in [0.25, 0.3) is 0 Å². The van der Waals surface area contributed by atoms with Gasteiger partial charge < -0.3 is 35.4 Å². The summed E-state index contributed by atoms with van der Waals surface area (Å²) >= 11 is 0. The van der Waals surface area contributed by atoms with Crippen molar-refractivity contribution in [2.24, 2.45) is 11.8 Å². The third kappa shape index (κ3) is 28.5. The first-order valence-corrected chi connectivity index (χ1v) is 27.5. The predicted molar refractivity (Wildman–Crippen MR) is 241 cm³/mol. The van der Waals surface area contributed by atoms with E-state index in [1.165, 1.54) is 44.9 Å². The summed E-state index contributed by atoms with van der Waals surface area (Å²) in [4.78, 5) is 70.7. The van der Waals surface area contributed by atoms with Crippen LogP contribution in [0.15, 0.2) is 0 Å². The summed E-state index contributed by atoms with van der Waals surface area (Å²) in [5, 5.41) is 33.4. The van der Waals surface area contributed by atoms with Crippen LogP contribution in [0, 0.1) is 11.8 Å². The first-order valence-electron chi connectivity index (χ1n) is 20.9. The normalized spacial score (nSPS) is 15.8. The minimum absolute atomic E-state index is 0.00766. The fourth-order valence-electron chi connectivity index (χ4n) is 6.24. The van der Waals surface area contributed by atoms with Gasteiger partial charge in [-0.25, -0.2) is 0 Å². The summed E-state index contributed by atoms with van der Waals surface area (Å²) in [5.74, 6) is -4.44. The molecule has 0 aromatic rings. The third-order valence-corrected chi connectivity index (χ3v) is 23.5. The Bertz CT molecular complexity index is 1210. The second kappa shape index (κ2) is 33.6. The van der Waals surface area contributed by atoms with Crippen LogP contribution in [-0.4, -0.2) is 97.7 Å². The molecular weight excluding hydrogens is 865 g/mol. The Kier molecular flexibility index (Phi) is 30.8. The first-order chi connectivity index (χ1) is 28.0. The molecule has 2 amide bonds. The molecule has 2 aliphatic heterocycles. The number of hydrogen-bond donors (Lipinski definition) is 5. The van der Waals surface area contributed by atoms with Crippen LogP contribution in [0.1, 0.15) is 148 Å². The Balaban J connectivity index is 1.35. The van der Waals surface area contributed by atoms with Gasteiger partial charge in [-0.05, 0) is 60.1 Å². The van der Waals surface area contributed by atoms with E-state index in [9.17, 15) is 39.0 Å². The zero-order chi connectivity index (χ0) is 42.3. The molecule has 2 atom stereocenters. The molecule has 0 bridgehead atoms. The van der Waals surface area contributed by atoms with Crippen molar-refractivity contribution < 1.29 is 53.6 Å². The molecule has 1 unspecified atom stereocenters. The van der Waals surface area contributed by atoms with E-state index in [-0.39, 0.29) is 89.5 Å². The van der Waals surface area contributed by atoms with E-state index >= 15 is 0 Å². The average Bonchev–Trinajstić information content (AvgIpc) is 3.95. The molecule has 58 heavy (non-hydrogen) atoms. The lowest BCUT2D eigenvalue weighted by molar-refractivity contribution is -0.144. The number of unbranched alkanes of at least 4 members (excludes halogenated alkanes) is 14. The molecule has 2 aliphatic rings. The van der Waals surface area contributed by atoms with Gasteiger partial charge in [-0.15, -0.1) is 0 Å². The van der Waals surface area contributed by atoms with Gasteiger partial charge >= 0.3 is 17.9 Å². The van der Waals surface area contributed by atoms with Crippen molar-refractivity contribution in [1.29, 1.82) is 0 Å². The molecule has 0 saturated carbocycles. The van der Waals surface area contributed by atoms with Crippen LogP contribution < -0.4 is 10.6 Å². The highest BCUT2D eigenvalue weighted by Crippen LogP contribution is 2.84. The van der Waals surface area contributed by atoms with Crippen LogP contribution in [0.4, 0.5) is 0 Å². The number of ether oxygens (including phenoxy) is 2. The van der Waals surface area contributed by atoms with E-state index in [4.69, 9.17) is 14.6 Å². The molecule has 1 spiro atoms. The van der Waals surface area contributed by atoms with Crippen molar-refractivity contribution in [3.05, 3.63) is 0 Å². The Hall–Kier alpha value is -0.960. The van der Waals surface area contributed by atoms with Crippen LogP contribution in [0.25, 0.3) is 0 Å². The standard InChI is InChI=1S/C39H66N2O11S6/c42-32(18-13-11-9-7-5-3-1-2-4-6-8-10-12-14-19-35(45)46)27-31(38(49)50)20-21-33(43)41-23-24-51-25-26-52-29-34(44)40-22-16-15-17-30(37(47)48)28-36-53-55-39(56-54-36)57-58-39/h30-31,36H,1-29H2,(H,40,44)(H,41,43)(H,45,46)(H,47,48)(H,49,50)/t30?,31-/m1/s1. The molecule has 0 aromatic carbocycles. The quantitative estimate of drug-likeness (QED) is 0.0221. The second-order valence-electron chi connectivity index (χ2n) is 14.7.